The van der Waals surface area contributed by atoms with Gasteiger partial charge in [0.05, 0.1) is 24.7 Å². The van der Waals surface area contributed by atoms with Crippen LogP contribution in [0, 0.1) is 11.3 Å². The van der Waals surface area contributed by atoms with Gasteiger partial charge in [0.1, 0.15) is 5.82 Å². The fourth-order valence-electron chi connectivity index (χ4n) is 2.17. The van der Waals surface area contributed by atoms with E-state index in [1.165, 1.54) is 0 Å². The number of nitrogens with zero attached hydrogens (tertiary/aromatic N) is 3. The van der Waals surface area contributed by atoms with Gasteiger partial charge in [-0.3, -0.25) is 0 Å². The predicted octanol–water partition coefficient (Wildman–Crippen LogP) is 3.43. The molecule has 21 heavy (non-hydrogen) atoms. The van der Waals surface area contributed by atoms with E-state index in [4.69, 9.17) is 5.26 Å². The Hall–Kier alpha value is -2.54. The smallest absolute Gasteiger partial charge is 0.126 e. The van der Waals surface area contributed by atoms with Crippen LogP contribution in [0.1, 0.15) is 19.0 Å². The fraction of sp³-hybridized carbons (Fsp3) is 0.294. The number of nitriles is 1. The second-order valence-electron chi connectivity index (χ2n) is 4.71. The molecule has 0 bridgehead atoms. The summed E-state index contributed by atoms with van der Waals surface area (Å²) in [5.74, 6) is 0.892. The van der Waals surface area contributed by atoms with Gasteiger partial charge in [0.2, 0.25) is 0 Å². The van der Waals surface area contributed by atoms with Crippen molar-refractivity contribution in [2.75, 3.05) is 23.3 Å². The first-order valence-electron chi connectivity index (χ1n) is 7.20. The Morgan fingerprint density at radius 1 is 1.14 bits per heavy atom. The summed E-state index contributed by atoms with van der Waals surface area (Å²) in [5, 5.41) is 12.1. The van der Waals surface area contributed by atoms with Gasteiger partial charge in [0.25, 0.3) is 0 Å². The van der Waals surface area contributed by atoms with Gasteiger partial charge in [-0.15, -0.1) is 0 Å². The molecule has 0 saturated heterocycles. The molecular weight excluding hydrogens is 260 g/mol. The highest BCUT2D eigenvalue weighted by Gasteiger charge is 2.08. The Morgan fingerprint density at radius 3 is 2.67 bits per heavy atom. The fourth-order valence-corrected chi connectivity index (χ4v) is 2.17. The van der Waals surface area contributed by atoms with Crippen molar-refractivity contribution < 1.29 is 0 Å². The number of hydrogen-bond donors (Lipinski definition) is 1. The summed E-state index contributed by atoms with van der Waals surface area (Å²) >= 11 is 0. The molecule has 1 aromatic heterocycles. The molecule has 0 aliphatic carbocycles. The topological polar surface area (TPSA) is 52.0 Å². The van der Waals surface area contributed by atoms with Gasteiger partial charge in [-0.2, -0.15) is 5.26 Å². The van der Waals surface area contributed by atoms with E-state index in [0.29, 0.717) is 19.5 Å². The highest BCUT2D eigenvalue weighted by Crippen LogP contribution is 2.17. The summed E-state index contributed by atoms with van der Waals surface area (Å²) < 4.78 is 0. The second-order valence-corrected chi connectivity index (χ2v) is 4.71. The van der Waals surface area contributed by atoms with Gasteiger partial charge in [-0.25, -0.2) is 4.98 Å². The molecule has 2 rings (SSSR count). The third-order valence-corrected chi connectivity index (χ3v) is 3.13. The molecule has 0 aliphatic heterocycles. The van der Waals surface area contributed by atoms with Crippen molar-refractivity contribution in [3.8, 4) is 6.07 Å². The molecule has 1 aromatic carbocycles. The number of nitrogens with one attached hydrogen (secondary N) is 1. The molecule has 108 valence electrons. The van der Waals surface area contributed by atoms with Gasteiger partial charge in [0.15, 0.2) is 0 Å². The average molecular weight is 280 g/mol. The van der Waals surface area contributed by atoms with Crippen LogP contribution < -0.4 is 10.2 Å². The molecule has 1 N–H and O–H groups in total. The Balaban J connectivity index is 2.15. The van der Waals surface area contributed by atoms with E-state index < -0.39 is 0 Å². The normalized spacial score (nSPS) is 9.90. The average Bonchev–Trinajstić information content (AvgIpc) is 2.53. The largest absolute Gasteiger partial charge is 0.370 e. The number of aromatic nitrogens is 1. The molecule has 0 radical (unpaired) electrons. The third kappa shape index (κ3) is 4.50. The maximum Gasteiger partial charge on any atom is 0.126 e. The summed E-state index contributed by atoms with van der Waals surface area (Å²) in [7, 11) is 0. The SMILES string of the molecule is CCNc1cccc(CN(CCC#N)c2ccccc2)n1. The van der Waals surface area contributed by atoms with Gasteiger partial charge in [-0.1, -0.05) is 24.3 Å². The standard InChI is InChI=1S/C17H20N4/c1-2-19-17-11-6-8-15(20-17)14-21(13-7-12-18)16-9-4-3-5-10-16/h3-6,8-11H,2,7,13-14H2,1H3,(H,19,20). The Kier molecular flexibility index (Phi) is 5.60. The van der Waals surface area contributed by atoms with Crippen molar-refractivity contribution in [2.45, 2.75) is 19.9 Å². The molecule has 0 saturated carbocycles. The van der Waals surface area contributed by atoms with Crippen LogP contribution in [-0.2, 0) is 6.54 Å². The second kappa shape index (κ2) is 7.91. The van der Waals surface area contributed by atoms with E-state index >= 15 is 0 Å². The monoisotopic (exact) mass is 280 g/mol. The number of anilines is 2. The van der Waals surface area contributed by atoms with Gasteiger partial charge < -0.3 is 10.2 Å². The molecule has 0 fully saturated rings. The van der Waals surface area contributed by atoms with Crippen molar-refractivity contribution in [2.24, 2.45) is 0 Å². The van der Waals surface area contributed by atoms with E-state index in [1.54, 1.807) is 0 Å². The summed E-state index contributed by atoms with van der Waals surface area (Å²) in [6.07, 6.45) is 0.502. The molecular formula is C17H20N4. The zero-order valence-electron chi connectivity index (χ0n) is 12.3. The zero-order valence-corrected chi connectivity index (χ0v) is 12.3. The van der Waals surface area contributed by atoms with E-state index in [1.807, 2.05) is 36.4 Å². The molecule has 0 unspecified atom stereocenters. The first kappa shape index (κ1) is 14.9. The van der Waals surface area contributed by atoms with Crippen molar-refractivity contribution in [1.29, 1.82) is 5.26 Å². The van der Waals surface area contributed by atoms with Crippen molar-refractivity contribution in [1.82, 2.24) is 4.98 Å². The minimum Gasteiger partial charge on any atom is -0.370 e. The van der Waals surface area contributed by atoms with Crippen LogP contribution in [0.5, 0.6) is 0 Å². The Bertz CT molecular complexity index is 589. The minimum atomic E-state index is 0.502. The van der Waals surface area contributed by atoms with Crippen molar-refractivity contribution in [3.63, 3.8) is 0 Å². The first-order chi connectivity index (χ1) is 10.3. The van der Waals surface area contributed by atoms with E-state index in [9.17, 15) is 0 Å². The summed E-state index contributed by atoms with van der Waals surface area (Å²) in [6.45, 7) is 4.31. The van der Waals surface area contributed by atoms with E-state index in [0.717, 1.165) is 23.7 Å². The number of pyridine rings is 1. The van der Waals surface area contributed by atoms with Gasteiger partial charge >= 0.3 is 0 Å². The third-order valence-electron chi connectivity index (χ3n) is 3.13. The number of benzene rings is 1. The van der Waals surface area contributed by atoms with Crippen LogP contribution in [0.3, 0.4) is 0 Å². The summed E-state index contributed by atoms with van der Waals surface area (Å²) in [4.78, 5) is 6.78. The summed E-state index contributed by atoms with van der Waals surface area (Å²) in [6, 6.07) is 18.3. The van der Waals surface area contributed by atoms with Gasteiger partial charge in [0, 0.05) is 18.8 Å². The molecule has 4 heteroatoms. The zero-order chi connectivity index (χ0) is 14.9. The van der Waals surface area contributed by atoms with Crippen LogP contribution in [0.15, 0.2) is 48.5 Å². The lowest BCUT2D eigenvalue weighted by Gasteiger charge is -2.23. The number of para-hydroxylation sites is 1. The highest BCUT2D eigenvalue weighted by atomic mass is 15.1. The van der Waals surface area contributed by atoms with Crippen molar-refractivity contribution in [3.05, 3.63) is 54.2 Å². The van der Waals surface area contributed by atoms with E-state index in [2.05, 4.69) is 40.3 Å². The van der Waals surface area contributed by atoms with Gasteiger partial charge in [-0.05, 0) is 31.2 Å². The molecule has 0 atom stereocenters. The highest BCUT2D eigenvalue weighted by molar-refractivity contribution is 5.47. The molecule has 0 spiro atoms. The molecule has 0 amide bonds. The number of rotatable bonds is 7. The molecule has 0 aliphatic rings. The van der Waals surface area contributed by atoms with E-state index in [-0.39, 0.29) is 0 Å². The maximum atomic E-state index is 8.84. The molecule has 1 heterocycles. The number of hydrogen-bond acceptors (Lipinski definition) is 4. The lowest BCUT2D eigenvalue weighted by molar-refractivity contribution is 0.781. The molecule has 2 aromatic rings. The van der Waals surface area contributed by atoms with Crippen LogP contribution in [-0.4, -0.2) is 18.1 Å². The van der Waals surface area contributed by atoms with Crippen molar-refractivity contribution >= 4 is 11.5 Å². The quantitative estimate of drug-likeness (QED) is 0.844. The van der Waals surface area contributed by atoms with Crippen LogP contribution >= 0.6 is 0 Å². The maximum absolute atomic E-state index is 8.84. The Morgan fingerprint density at radius 2 is 1.95 bits per heavy atom. The minimum absolute atomic E-state index is 0.502. The van der Waals surface area contributed by atoms with Crippen LogP contribution in [0.2, 0.25) is 0 Å². The van der Waals surface area contributed by atoms with Crippen LogP contribution in [0.4, 0.5) is 11.5 Å². The Labute approximate surface area is 126 Å². The molecule has 4 nitrogen and oxygen atoms in total. The van der Waals surface area contributed by atoms with Crippen LogP contribution in [0.25, 0.3) is 0 Å². The lowest BCUT2D eigenvalue weighted by atomic mass is 10.2. The first-order valence-corrected chi connectivity index (χ1v) is 7.20. The summed E-state index contributed by atoms with van der Waals surface area (Å²) in [5.41, 5.74) is 2.11. The predicted molar refractivity (Wildman–Crippen MR) is 86.1 cm³/mol. The lowest BCUT2D eigenvalue weighted by Crippen LogP contribution is -2.24.